The Hall–Kier alpha value is -3.29. The summed E-state index contributed by atoms with van der Waals surface area (Å²) < 4.78 is 3.89. The lowest BCUT2D eigenvalue weighted by Crippen LogP contribution is -2.49. The van der Waals surface area contributed by atoms with E-state index in [1.54, 1.807) is 12.3 Å². The molecule has 3 aromatic rings. The fourth-order valence-corrected chi connectivity index (χ4v) is 5.41. The number of hydrogen-bond donors (Lipinski definition) is 0. The van der Waals surface area contributed by atoms with E-state index < -0.39 is 0 Å². The van der Waals surface area contributed by atoms with Gasteiger partial charge in [-0.1, -0.05) is 6.07 Å². The van der Waals surface area contributed by atoms with Gasteiger partial charge in [-0.3, -0.25) is 14.6 Å². The molecule has 8 heteroatoms. The van der Waals surface area contributed by atoms with Crippen molar-refractivity contribution in [3.8, 4) is 11.3 Å². The Balaban J connectivity index is 1.33. The van der Waals surface area contributed by atoms with Gasteiger partial charge >= 0.3 is 0 Å². The number of amides is 1. The molecule has 6 rings (SSSR count). The molecule has 1 amide bonds. The molecule has 8 nitrogen and oxygen atoms in total. The van der Waals surface area contributed by atoms with E-state index in [2.05, 4.69) is 21.2 Å². The Morgan fingerprint density at radius 1 is 1.03 bits per heavy atom. The number of aromatic nitrogens is 5. The van der Waals surface area contributed by atoms with E-state index in [4.69, 9.17) is 0 Å². The molecule has 1 fully saturated rings. The van der Waals surface area contributed by atoms with Gasteiger partial charge in [0.05, 0.1) is 5.69 Å². The monoisotopic (exact) mass is 416 g/mol. The Labute approximate surface area is 179 Å². The van der Waals surface area contributed by atoms with E-state index in [1.807, 2.05) is 32.2 Å². The number of carbonyl (C=O) groups is 1. The van der Waals surface area contributed by atoms with Gasteiger partial charge in [0.15, 0.2) is 0 Å². The standard InChI is InChI=1S/C23H24N6O2/c30-21-11-16(18-5-1-3-7-24-18)10-19-17-9-15(13-29(19)21)12-27(14-17)23(31)22-26-25-20-6-2-4-8-28(20)22/h1,3,5,7,10-11,15,17H,2,4,6,8-9,12-14H2/t15-,17+/m0/s1. The number of rotatable bonds is 2. The molecule has 2 bridgehead atoms. The lowest BCUT2D eigenvalue weighted by molar-refractivity contribution is 0.0576. The third-order valence-electron chi connectivity index (χ3n) is 6.85. The summed E-state index contributed by atoms with van der Waals surface area (Å²) in [6.45, 7) is 2.72. The Morgan fingerprint density at radius 2 is 1.97 bits per heavy atom. The number of nitrogens with zero attached hydrogens (tertiary/aromatic N) is 6. The van der Waals surface area contributed by atoms with Crippen molar-refractivity contribution in [3.05, 3.63) is 64.2 Å². The number of hydrogen-bond acceptors (Lipinski definition) is 5. The first-order valence-electron chi connectivity index (χ1n) is 11.0. The molecule has 0 aliphatic carbocycles. The van der Waals surface area contributed by atoms with Crippen molar-refractivity contribution in [1.29, 1.82) is 0 Å². The van der Waals surface area contributed by atoms with Crippen LogP contribution in [-0.4, -0.2) is 48.2 Å². The van der Waals surface area contributed by atoms with Gasteiger partial charge < -0.3 is 14.0 Å². The summed E-state index contributed by atoms with van der Waals surface area (Å²) in [6, 6.07) is 9.47. The van der Waals surface area contributed by atoms with Gasteiger partial charge in [0, 0.05) is 62.0 Å². The maximum Gasteiger partial charge on any atom is 0.291 e. The third kappa shape index (κ3) is 3.08. The van der Waals surface area contributed by atoms with E-state index in [1.165, 1.54) is 0 Å². The lowest BCUT2D eigenvalue weighted by Gasteiger charge is -2.42. The van der Waals surface area contributed by atoms with Crippen LogP contribution in [0.3, 0.4) is 0 Å². The minimum absolute atomic E-state index is 0.0131. The van der Waals surface area contributed by atoms with Crippen LogP contribution < -0.4 is 5.56 Å². The van der Waals surface area contributed by atoms with Crippen LogP contribution in [0.5, 0.6) is 0 Å². The van der Waals surface area contributed by atoms with Gasteiger partial charge in [-0.2, -0.15) is 0 Å². The molecule has 0 unspecified atom stereocenters. The van der Waals surface area contributed by atoms with E-state index in [0.717, 1.165) is 55.0 Å². The average molecular weight is 416 g/mol. The summed E-state index contributed by atoms with van der Waals surface area (Å²) >= 11 is 0. The van der Waals surface area contributed by atoms with Crippen LogP contribution in [0.4, 0.5) is 0 Å². The molecule has 0 N–H and O–H groups in total. The zero-order valence-corrected chi connectivity index (χ0v) is 17.3. The summed E-state index contributed by atoms with van der Waals surface area (Å²) in [5, 5.41) is 8.49. The van der Waals surface area contributed by atoms with Gasteiger partial charge in [0.25, 0.3) is 11.5 Å². The highest BCUT2D eigenvalue weighted by Crippen LogP contribution is 2.37. The van der Waals surface area contributed by atoms with Crippen molar-refractivity contribution >= 4 is 5.91 Å². The van der Waals surface area contributed by atoms with Crippen molar-refractivity contribution in [2.45, 2.75) is 44.7 Å². The van der Waals surface area contributed by atoms with Gasteiger partial charge in [0.1, 0.15) is 5.82 Å². The van der Waals surface area contributed by atoms with E-state index in [-0.39, 0.29) is 23.3 Å². The van der Waals surface area contributed by atoms with Crippen molar-refractivity contribution in [2.75, 3.05) is 13.1 Å². The second-order valence-electron chi connectivity index (χ2n) is 8.89. The zero-order valence-electron chi connectivity index (χ0n) is 17.3. The highest BCUT2D eigenvalue weighted by molar-refractivity contribution is 5.91. The molecule has 0 radical (unpaired) electrons. The molecule has 31 heavy (non-hydrogen) atoms. The molecular weight excluding hydrogens is 392 g/mol. The summed E-state index contributed by atoms with van der Waals surface area (Å²) in [7, 11) is 0. The molecule has 0 aromatic carbocycles. The van der Waals surface area contributed by atoms with Crippen LogP contribution >= 0.6 is 0 Å². The summed E-state index contributed by atoms with van der Waals surface area (Å²) in [6.07, 6.45) is 5.78. The minimum atomic E-state index is -0.0352. The van der Waals surface area contributed by atoms with Gasteiger partial charge in [-0.25, -0.2) is 0 Å². The molecule has 0 spiro atoms. The maximum atomic E-state index is 13.4. The molecular formula is C23H24N6O2. The average Bonchev–Trinajstić information content (AvgIpc) is 3.24. The number of pyridine rings is 2. The molecule has 3 aliphatic rings. The normalized spacial score (nSPS) is 22.0. The van der Waals surface area contributed by atoms with Crippen molar-refractivity contribution in [2.24, 2.45) is 5.92 Å². The maximum absolute atomic E-state index is 13.4. The molecule has 3 aliphatic heterocycles. The van der Waals surface area contributed by atoms with Crippen LogP contribution in [-0.2, 0) is 19.5 Å². The Bertz CT molecular complexity index is 1210. The number of aryl methyl sites for hydroxylation is 1. The number of piperidine rings is 1. The molecule has 1 saturated heterocycles. The van der Waals surface area contributed by atoms with Crippen molar-refractivity contribution in [1.82, 2.24) is 29.2 Å². The largest absolute Gasteiger partial charge is 0.335 e. The topological polar surface area (TPSA) is 85.9 Å². The predicted molar refractivity (Wildman–Crippen MR) is 114 cm³/mol. The lowest BCUT2D eigenvalue weighted by atomic mass is 9.82. The number of likely N-dealkylation sites (tertiary alicyclic amines) is 1. The van der Waals surface area contributed by atoms with E-state index in [0.29, 0.717) is 25.5 Å². The van der Waals surface area contributed by atoms with Crippen LogP contribution in [0.25, 0.3) is 11.3 Å². The fraction of sp³-hybridized carbons (Fsp3) is 0.435. The first kappa shape index (κ1) is 18.5. The van der Waals surface area contributed by atoms with Gasteiger partial charge in [-0.05, 0) is 43.4 Å². The van der Waals surface area contributed by atoms with Crippen molar-refractivity contribution in [3.63, 3.8) is 0 Å². The molecule has 3 aromatic heterocycles. The summed E-state index contributed by atoms with van der Waals surface area (Å²) in [5.74, 6) is 1.76. The molecule has 158 valence electrons. The SMILES string of the molecule is O=C(c1nnc2n1CCCC2)N1C[C@@H]2C[C@H](C1)c1cc(-c3ccccn3)cc(=O)n1C2. The summed E-state index contributed by atoms with van der Waals surface area (Å²) in [4.78, 5) is 32.6. The Kier molecular flexibility index (Phi) is 4.26. The quantitative estimate of drug-likeness (QED) is 0.639. The number of carbonyl (C=O) groups excluding carboxylic acids is 1. The zero-order chi connectivity index (χ0) is 20.9. The highest BCUT2D eigenvalue weighted by atomic mass is 16.2. The smallest absolute Gasteiger partial charge is 0.291 e. The molecule has 2 atom stereocenters. The predicted octanol–water partition coefficient (Wildman–Crippen LogP) is 2.10. The van der Waals surface area contributed by atoms with Crippen molar-refractivity contribution < 1.29 is 4.79 Å². The first-order chi connectivity index (χ1) is 15.2. The second kappa shape index (κ2) is 7.14. The highest BCUT2D eigenvalue weighted by Gasteiger charge is 2.38. The van der Waals surface area contributed by atoms with Crippen LogP contribution in [0, 0.1) is 5.92 Å². The van der Waals surface area contributed by atoms with Crippen LogP contribution in [0.15, 0.2) is 41.3 Å². The molecule has 0 saturated carbocycles. The minimum Gasteiger partial charge on any atom is -0.335 e. The van der Waals surface area contributed by atoms with Gasteiger partial charge in [0.2, 0.25) is 5.82 Å². The first-order valence-corrected chi connectivity index (χ1v) is 11.0. The third-order valence-corrected chi connectivity index (χ3v) is 6.85. The fourth-order valence-electron chi connectivity index (χ4n) is 5.41. The van der Waals surface area contributed by atoms with E-state index in [9.17, 15) is 9.59 Å². The number of fused-ring (bicyclic) bond motifs is 5. The summed E-state index contributed by atoms with van der Waals surface area (Å²) in [5.41, 5.74) is 2.65. The Morgan fingerprint density at radius 3 is 2.84 bits per heavy atom. The van der Waals surface area contributed by atoms with E-state index >= 15 is 0 Å². The second-order valence-corrected chi connectivity index (χ2v) is 8.89. The van der Waals surface area contributed by atoms with Crippen LogP contribution in [0.1, 0.15) is 47.3 Å². The van der Waals surface area contributed by atoms with Crippen LogP contribution in [0.2, 0.25) is 0 Å². The molecule has 6 heterocycles. The van der Waals surface area contributed by atoms with Gasteiger partial charge in [-0.15, -0.1) is 10.2 Å².